The largest absolute Gasteiger partial charge is 0.386 e. The maximum absolute atomic E-state index is 15.0. The van der Waals surface area contributed by atoms with Crippen molar-refractivity contribution in [3.8, 4) is 11.1 Å². The van der Waals surface area contributed by atoms with Crippen LogP contribution in [0.15, 0.2) is 54.6 Å². The molecule has 0 aromatic heterocycles. The van der Waals surface area contributed by atoms with Gasteiger partial charge in [0.2, 0.25) is 0 Å². The maximum Gasteiger partial charge on any atom is 0.386 e. The second-order valence-corrected chi connectivity index (χ2v) is 12.4. The molecule has 232 valence electrons. The molecule has 0 radical (unpaired) electrons. The molecule has 0 heterocycles. The summed E-state index contributed by atoms with van der Waals surface area (Å²) in [4.78, 5) is 0. The second kappa shape index (κ2) is 13.9. The fraction of sp³-hybridized carbons (Fsp3) is 0.500. The Bertz CT molecular complexity index is 1370. The van der Waals surface area contributed by atoms with E-state index in [9.17, 15) is 26.3 Å². The smallest absolute Gasteiger partial charge is 0.313 e. The number of unbranched alkanes of at least 4 members (excludes halogenated alkanes) is 2. The van der Waals surface area contributed by atoms with E-state index in [-0.39, 0.29) is 11.5 Å². The van der Waals surface area contributed by atoms with Crippen molar-refractivity contribution in [2.45, 2.75) is 102 Å². The van der Waals surface area contributed by atoms with Gasteiger partial charge in [0.15, 0.2) is 11.6 Å². The average molecular weight is 603 g/mol. The van der Waals surface area contributed by atoms with E-state index < -0.39 is 41.0 Å². The molecule has 3 aromatic rings. The summed E-state index contributed by atoms with van der Waals surface area (Å²) in [5.41, 5.74) is 1.47. The van der Waals surface area contributed by atoms with Crippen molar-refractivity contribution < 1.29 is 31.1 Å². The van der Waals surface area contributed by atoms with E-state index in [1.165, 1.54) is 24.3 Å². The van der Waals surface area contributed by atoms with Crippen LogP contribution in [-0.4, -0.2) is 6.10 Å². The molecule has 2 aliphatic carbocycles. The third kappa shape index (κ3) is 7.65. The average Bonchev–Trinajstić information content (AvgIpc) is 2.99. The third-order valence-electron chi connectivity index (χ3n) is 9.58. The van der Waals surface area contributed by atoms with E-state index >= 15 is 0 Å². The van der Waals surface area contributed by atoms with Crippen LogP contribution in [0.5, 0.6) is 0 Å². The van der Waals surface area contributed by atoms with Gasteiger partial charge < -0.3 is 4.74 Å². The minimum atomic E-state index is -3.67. The first-order valence-corrected chi connectivity index (χ1v) is 15.7. The molecule has 5 rings (SSSR count). The molecule has 0 unspecified atom stereocenters. The van der Waals surface area contributed by atoms with E-state index in [2.05, 4.69) is 6.92 Å². The first-order valence-electron chi connectivity index (χ1n) is 15.7. The molecule has 43 heavy (non-hydrogen) atoms. The Balaban J connectivity index is 1.10. The molecule has 3 aromatic carbocycles. The quantitative estimate of drug-likeness (QED) is 0.166. The summed E-state index contributed by atoms with van der Waals surface area (Å²) in [6, 6.07) is 12.3. The van der Waals surface area contributed by atoms with Gasteiger partial charge in [-0.2, -0.15) is 8.78 Å². The number of rotatable bonds is 10. The Morgan fingerprint density at radius 1 is 0.674 bits per heavy atom. The van der Waals surface area contributed by atoms with E-state index in [1.807, 2.05) is 6.07 Å². The van der Waals surface area contributed by atoms with Crippen molar-refractivity contribution in [1.82, 2.24) is 0 Å². The highest BCUT2D eigenvalue weighted by Gasteiger charge is 2.40. The number of hydrogen-bond acceptors (Lipinski definition) is 1. The number of alkyl halides is 2. The van der Waals surface area contributed by atoms with E-state index in [1.54, 1.807) is 12.1 Å². The molecule has 7 heteroatoms. The summed E-state index contributed by atoms with van der Waals surface area (Å²) in [6.45, 7) is 2.08. The number of ether oxygens (including phenoxy) is 1. The van der Waals surface area contributed by atoms with E-state index in [4.69, 9.17) is 4.74 Å². The van der Waals surface area contributed by atoms with Crippen molar-refractivity contribution in [1.29, 1.82) is 0 Å². The molecular formula is C36H40F6O. The Hall–Kier alpha value is -2.80. The van der Waals surface area contributed by atoms with Crippen LogP contribution in [0, 0.1) is 35.1 Å². The molecule has 0 aliphatic heterocycles. The Labute approximate surface area is 250 Å². The number of halogens is 6. The Morgan fingerprint density at radius 2 is 1.37 bits per heavy atom. The zero-order valence-electron chi connectivity index (χ0n) is 24.7. The van der Waals surface area contributed by atoms with Gasteiger partial charge in [-0.3, -0.25) is 0 Å². The lowest BCUT2D eigenvalue weighted by molar-refractivity contribution is -0.279. The lowest BCUT2D eigenvalue weighted by Crippen LogP contribution is -2.32. The third-order valence-corrected chi connectivity index (χ3v) is 9.58. The fourth-order valence-electron chi connectivity index (χ4n) is 7.09. The SMILES string of the molecule is CCCCCc1ccc(C(F)(F)OC2CCC(C3CCC(c4ccc(-c5ccc(F)c(F)c5)c(F)c4)CC3)CC2)c(F)c1. The van der Waals surface area contributed by atoms with Gasteiger partial charge in [-0.15, -0.1) is 0 Å². The minimum absolute atomic E-state index is 0.219. The Morgan fingerprint density at radius 3 is 2.00 bits per heavy atom. The van der Waals surface area contributed by atoms with Gasteiger partial charge in [0.25, 0.3) is 0 Å². The van der Waals surface area contributed by atoms with Crippen LogP contribution in [0.2, 0.25) is 0 Å². The lowest BCUT2D eigenvalue weighted by atomic mass is 9.69. The molecule has 0 atom stereocenters. The van der Waals surface area contributed by atoms with Crippen LogP contribution in [0.3, 0.4) is 0 Å². The zero-order valence-corrected chi connectivity index (χ0v) is 24.7. The van der Waals surface area contributed by atoms with Crippen LogP contribution in [-0.2, 0) is 17.3 Å². The molecule has 2 fully saturated rings. The number of aryl methyl sites for hydroxylation is 1. The molecule has 2 aliphatic rings. The van der Waals surface area contributed by atoms with Gasteiger partial charge in [0.1, 0.15) is 11.6 Å². The van der Waals surface area contributed by atoms with Gasteiger partial charge in [0, 0.05) is 5.56 Å². The van der Waals surface area contributed by atoms with Crippen LogP contribution < -0.4 is 0 Å². The van der Waals surface area contributed by atoms with Crippen LogP contribution in [0.1, 0.15) is 100 Å². The summed E-state index contributed by atoms with van der Waals surface area (Å²) < 4.78 is 91.6. The predicted octanol–water partition coefficient (Wildman–Crippen LogP) is 11.2. The topological polar surface area (TPSA) is 9.23 Å². The van der Waals surface area contributed by atoms with Gasteiger partial charge in [-0.05, 0) is 129 Å². The highest BCUT2D eigenvalue weighted by molar-refractivity contribution is 5.64. The summed E-state index contributed by atoms with van der Waals surface area (Å²) in [6.07, 6.45) is 5.79. The van der Waals surface area contributed by atoms with Gasteiger partial charge in [0.05, 0.1) is 11.7 Å². The standard InChI is InChI=1S/C36H40F6O/c1-2-3-4-5-23-6-18-31(34(39)20-23)36(41,42)43-29-15-11-25(12-16-29)24-7-9-26(10-8-24)27-13-17-30(33(38)21-27)28-14-19-32(37)35(40)22-28/h6,13-14,17-22,24-26,29H,2-5,7-12,15-16H2,1H3. The van der Waals surface area contributed by atoms with Crippen LogP contribution >= 0.6 is 0 Å². The highest BCUT2D eigenvalue weighted by Crippen LogP contribution is 2.45. The van der Waals surface area contributed by atoms with Crippen LogP contribution in [0.25, 0.3) is 11.1 Å². The normalized spacial score (nSPS) is 23.0. The monoisotopic (exact) mass is 602 g/mol. The minimum Gasteiger partial charge on any atom is -0.313 e. The summed E-state index contributed by atoms with van der Waals surface area (Å²) in [5.74, 6) is -2.21. The molecule has 2 saturated carbocycles. The summed E-state index contributed by atoms with van der Waals surface area (Å²) >= 11 is 0. The zero-order chi connectivity index (χ0) is 30.6. The van der Waals surface area contributed by atoms with Crippen molar-refractivity contribution in [2.24, 2.45) is 11.8 Å². The summed E-state index contributed by atoms with van der Waals surface area (Å²) in [5, 5.41) is 0. The maximum atomic E-state index is 15.0. The van der Waals surface area contributed by atoms with Gasteiger partial charge in [-0.25, -0.2) is 17.6 Å². The van der Waals surface area contributed by atoms with Crippen molar-refractivity contribution >= 4 is 0 Å². The summed E-state index contributed by atoms with van der Waals surface area (Å²) in [7, 11) is 0. The number of hydrogen-bond donors (Lipinski definition) is 0. The van der Waals surface area contributed by atoms with Gasteiger partial charge >= 0.3 is 6.11 Å². The van der Waals surface area contributed by atoms with Crippen molar-refractivity contribution in [2.75, 3.05) is 0 Å². The molecular weight excluding hydrogens is 562 g/mol. The van der Waals surface area contributed by atoms with Crippen molar-refractivity contribution in [3.05, 3.63) is 94.6 Å². The molecule has 0 saturated heterocycles. The Kier molecular flexibility index (Phi) is 10.2. The molecule has 0 amide bonds. The first kappa shape index (κ1) is 31.6. The van der Waals surface area contributed by atoms with E-state index in [0.717, 1.165) is 81.0 Å². The van der Waals surface area contributed by atoms with Crippen molar-refractivity contribution in [3.63, 3.8) is 0 Å². The predicted molar refractivity (Wildman–Crippen MR) is 157 cm³/mol. The van der Waals surface area contributed by atoms with Crippen LogP contribution in [0.4, 0.5) is 26.3 Å². The second-order valence-electron chi connectivity index (χ2n) is 12.4. The van der Waals surface area contributed by atoms with Gasteiger partial charge in [-0.1, -0.05) is 44.0 Å². The fourth-order valence-corrected chi connectivity index (χ4v) is 7.09. The molecule has 0 spiro atoms. The molecule has 1 nitrogen and oxygen atoms in total. The van der Waals surface area contributed by atoms with E-state index in [0.29, 0.717) is 36.7 Å². The molecule has 0 N–H and O–H groups in total. The number of benzene rings is 3. The lowest BCUT2D eigenvalue weighted by Gasteiger charge is -2.38. The molecule has 0 bridgehead atoms. The highest BCUT2D eigenvalue weighted by atomic mass is 19.3. The first-order chi connectivity index (χ1) is 20.6.